The van der Waals surface area contributed by atoms with Gasteiger partial charge in [0.1, 0.15) is 11.3 Å². The van der Waals surface area contributed by atoms with Gasteiger partial charge >= 0.3 is 0 Å². The van der Waals surface area contributed by atoms with Gasteiger partial charge in [-0.2, -0.15) is 0 Å². The van der Waals surface area contributed by atoms with E-state index in [0.29, 0.717) is 16.7 Å². The van der Waals surface area contributed by atoms with Crippen LogP contribution in [0, 0.1) is 0 Å². The molecule has 0 fully saturated rings. The minimum absolute atomic E-state index is 0.00193. The van der Waals surface area contributed by atoms with Crippen LogP contribution in [0.3, 0.4) is 0 Å². The van der Waals surface area contributed by atoms with E-state index < -0.39 is 0 Å². The van der Waals surface area contributed by atoms with Crippen molar-refractivity contribution in [2.45, 2.75) is 6.61 Å². The lowest BCUT2D eigenvalue weighted by molar-refractivity contribution is 0.282. The standard InChI is InChI=1S/C16H12O3/c17-10-11-5-7-12(8-6-11)16-9-14(18)13-3-1-2-4-15(13)19-16/h1-9,17H,10H2. The summed E-state index contributed by atoms with van der Waals surface area (Å²) < 4.78 is 5.74. The zero-order valence-corrected chi connectivity index (χ0v) is 10.2. The van der Waals surface area contributed by atoms with Crippen LogP contribution < -0.4 is 5.43 Å². The fourth-order valence-electron chi connectivity index (χ4n) is 2.02. The van der Waals surface area contributed by atoms with Gasteiger partial charge in [-0.15, -0.1) is 0 Å². The third kappa shape index (κ3) is 2.16. The Morgan fingerprint density at radius 3 is 2.47 bits per heavy atom. The second-order valence-electron chi connectivity index (χ2n) is 4.33. The van der Waals surface area contributed by atoms with Crippen LogP contribution >= 0.6 is 0 Å². The third-order valence-electron chi connectivity index (χ3n) is 3.06. The van der Waals surface area contributed by atoms with Crippen molar-refractivity contribution in [3.05, 3.63) is 70.4 Å². The van der Waals surface area contributed by atoms with E-state index in [1.807, 2.05) is 36.4 Å². The van der Waals surface area contributed by atoms with Gasteiger partial charge in [-0.05, 0) is 17.7 Å². The number of hydrogen-bond donors (Lipinski definition) is 1. The summed E-state index contributed by atoms with van der Waals surface area (Å²) in [4.78, 5) is 12.0. The molecule has 1 aromatic heterocycles. The molecule has 1 N–H and O–H groups in total. The fraction of sp³-hybridized carbons (Fsp3) is 0.0625. The molecule has 3 rings (SSSR count). The Morgan fingerprint density at radius 1 is 1.00 bits per heavy atom. The Labute approximate surface area is 109 Å². The molecule has 0 unspecified atom stereocenters. The molecule has 0 radical (unpaired) electrons. The largest absolute Gasteiger partial charge is 0.456 e. The van der Waals surface area contributed by atoms with Crippen molar-refractivity contribution in [1.82, 2.24) is 0 Å². The molecule has 3 nitrogen and oxygen atoms in total. The van der Waals surface area contributed by atoms with Crippen LogP contribution in [0.15, 0.2) is 63.8 Å². The first-order chi connectivity index (χ1) is 9.28. The van der Waals surface area contributed by atoms with Crippen molar-refractivity contribution in [3.63, 3.8) is 0 Å². The molecule has 1 heterocycles. The Hall–Kier alpha value is -2.39. The molecular formula is C16H12O3. The molecule has 0 bridgehead atoms. The Morgan fingerprint density at radius 2 is 1.74 bits per heavy atom. The van der Waals surface area contributed by atoms with Gasteiger partial charge in [-0.25, -0.2) is 0 Å². The van der Waals surface area contributed by atoms with E-state index in [1.165, 1.54) is 6.07 Å². The molecular weight excluding hydrogens is 240 g/mol. The number of aliphatic hydroxyl groups is 1. The number of aliphatic hydroxyl groups excluding tert-OH is 1. The average molecular weight is 252 g/mol. The highest BCUT2D eigenvalue weighted by Crippen LogP contribution is 2.22. The summed E-state index contributed by atoms with van der Waals surface area (Å²) in [5.41, 5.74) is 2.17. The molecule has 0 spiro atoms. The molecule has 0 saturated carbocycles. The Kier molecular flexibility index (Phi) is 2.89. The van der Waals surface area contributed by atoms with Gasteiger partial charge in [0.05, 0.1) is 12.0 Å². The van der Waals surface area contributed by atoms with E-state index in [9.17, 15) is 4.79 Å². The quantitative estimate of drug-likeness (QED) is 0.762. The third-order valence-corrected chi connectivity index (χ3v) is 3.06. The minimum atomic E-state index is -0.0527. The first-order valence-electron chi connectivity index (χ1n) is 6.01. The Bertz CT molecular complexity index is 770. The maximum Gasteiger partial charge on any atom is 0.193 e. The van der Waals surface area contributed by atoms with Crippen LogP contribution in [0.1, 0.15) is 5.56 Å². The van der Waals surface area contributed by atoms with Gasteiger partial charge in [0.15, 0.2) is 5.43 Å². The molecule has 94 valence electrons. The van der Waals surface area contributed by atoms with E-state index in [0.717, 1.165) is 11.1 Å². The smallest absolute Gasteiger partial charge is 0.193 e. The summed E-state index contributed by atoms with van der Waals surface area (Å²) in [5.74, 6) is 0.535. The van der Waals surface area contributed by atoms with E-state index in [-0.39, 0.29) is 12.0 Å². The number of rotatable bonds is 2. The molecule has 0 saturated heterocycles. The predicted molar refractivity (Wildman–Crippen MR) is 73.8 cm³/mol. The maximum atomic E-state index is 12.0. The summed E-state index contributed by atoms with van der Waals surface area (Å²) in [6.45, 7) is 0.00193. The highest BCUT2D eigenvalue weighted by molar-refractivity contribution is 5.78. The van der Waals surface area contributed by atoms with E-state index in [4.69, 9.17) is 9.52 Å². The minimum Gasteiger partial charge on any atom is -0.456 e. The molecule has 0 aliphatic rings. The summed E-state index contributed by atoms with van der Waals surface area (Å²) in [6.07, 6.45) is 0. The maximum absolute atomic E-state index is 12.0. The fourth-order valence-corrected chi connectivity index (χ4v) is 2.02. The van der Waals surface area contributed by atoms with Gasteiger partial charge in [-0.3, -0.25) is 4.79 Å². The SMILES string of the molecule is O=c1cc(-c2ccc(CO)cc2)oc2ccccc12. The van der Waals surface area contributed by atoms with Crippen molar-refractivity contribution < 1.29 is 9.52 Å². The first kappa shape index (κ1) is 11.7. The van der Waals surface area contributed by atoms with Gasteiger partial charge < -0.3 is 9.52 Å². The van der Waals surface area contributed by atoms with E-state index >= 15 is 0 Å². The van der Waals surface area contributed by atoms with E-state index in [1.54, 1.807) is 12.1 Å². The number of benzene rings is 2. The van der Waals surface area contributed by atoms with Crippen LogP contribution in [-0.2, 0) is 6.61 Å². The van der Waals surface area contributed by atoms with Crippen LogP contribution in [-0.4, -0.2) is 5.11 Å². The van der Waals surface area contributed by atoms with Crippen molar-refractivity contribution >= 4 is 11.0 Å². The predicted octanol–water partition coefficient (Wildman–Crippen LogP) is 2.95. The summed E-state index contributed by atoms with van der Waals surface area (Å²) in [6, 6.07) is 16.0. The second kappa shape index (κ2) is 4.71. The van der Waals surface area contributed by atoms with Crippen LogP contribution in [0.5, 0.6) is 0 Å². The van der Waals surface area contributed by atoms with Gasteiger partial charge in [0, 0.05) is 11.6 Å². The zero-order chi connectivity index (χ0) is 13.2. The van der Waals surface area contributed by atoms with E-state index in [2.05, 4.69) is 0 Å². The van der Waals surface area contributed by atoms with Crippen molar-refractivity contribution in [3.8, 4) is 11.3 Å². The molecule has 3 heteroatoms. The lowest BCUT2D eigenvalue weighted by Crippen LogP contribution is -1.99. The summed E-state index contributed by atoms with van der Waals surface area (Å²) >= 11 is 0. The molecule has 0 aliphatic carbocycles. The second-order valence-corrected chi connectivity index (χ2v) is 4.33. The highest BCUT2D eigenvalue weighted by Gasteiger charge is 2.06. The molecule has 0 aliphatic heterocycles. The van der Waals surface area contributed by atoms with Gasteiger partial charge in [0.2, 0.25) is 0 Å². The summed E-state index contributed by atoms with van der Waals surface area (Å²) in [5, 5.41) is 9.59. The molecule has 3 aromatic rings. The molecule has 2 aromatic carbocycles. The first-order valence-corrected chi connectivity index (χ1v) is 6.01. The lowest BCUT2D eigenvalue weighted by Gasteiger charge is -2.03. The lowest BCUT2D eigenvalue weighted by atomic mass is 10.1. The topological polar surface area (TPSA) is 50.4 Å². The van der Waals surface area contributed by atoms with Crippen LogP contribution in [0.25, 0.3) is 22.3 Å². The normalized spacial score (nSPS) is 10.8. The summed E-state index contributed by atoms with van der Waals surface area (Å²) in [7, 11) is 0. The van der Waals surface area contributed by atoms with Gasteiger partial charge in [-0.1, -0.05) is 36.4 Å². The van der Waals surface area contributed by atoms with Crippen molar-refractivity contribution in [2.24, 2.45) is 0 Å². The van der Waals surface area contributed by atoms with Crippen LogP contribution in [0.4, 0.5) is 0 Å². The molecule has 0 amide bonds. The van der Waals surface area contributed by atoms with Crippen LogP contribution in [0.2, 0.25) is 0 Å². The number of hydrogen-bond acceptors (Lipinski definition) is 3. The molecule has 0 atom stereocenters. The van der Waals surface area contributed by atoms with Crippen molar-refractivity contribution in [2.75, 3.05) is 0 Å². The monoisotopic (exact) mass is 252 g/mol. The average Bonchev–Trinajstić information content (AvgIpc) is 2.47. The van der Waals surface area contributed by atoms with Gasteiger partial charge in [0.25, 0.3) is 0 Å². The zero-order valence-electron chi connectivity index (χ0n) is 10.2. The van der Waals surface area contributed by atoms with Crippen molar-refractivity contribution in [1.29, 1.82) is 0 Å². The highest BCUT2D eigenvalue weighted by atomic mass is 16.3. The number of para-hydroxylation sites is 1. The molecule has 19 heavy (non-hydrogen) atoms. The number of fused-ring (bicyclic) bond motifs is 1. The Balaban J connectivity index is 2.16.